The number of carboxylic acid groups (broad SMARTS) is 1. The quantitative estimate of drug-likeness (QED) is 0.222. The maximum absolute atomic E-state index is 11.3. The van der Waals surface area contributed by atoms with Crippen molar-refractivity contribution in [2.75, 3.05) is 6.54 Å². The van der Waals surface area contributed by atoms with Gasteiger partial charge >= 0.3 is 12.1 Å². The van der Waals surface area contributed by atoms with Crippen LogP contribution >= 0.6 is 0 Å². The predicted octanol–water partition coefficient (Wildman–Crippen LogP) is 4.93. The van der Waals surface area contributed by atoms with Crippen LogP contribution in [0.2, 0.25) is 0 Å². The van der Waals surface area contributed by atoms with Gasteiger partial charge in [0, 0.05) is 18.6 Å². The third kappa shape index (κ3) is 14.1. The van der Waals surface area contributed by atoms with Crippen molar-refractivity contribution in [1.29, 1.82) is 5.53 Å². The van der Waals surface area contributed by atoms with E-state index in [9.17, 15) is 9.59 Å². The van der Waals surface area contributed by atoms with Crippen molar-refractivity contribution in [1.82, 2.24) is 15.5 Å². The zero-order valence-electron chi connectivity index (χ0n) is 20.2. The molecule has 0 spiro atoms. The van der Waals surface area contributed by atoms with Crippen LogP contribution in [0.3, 0.4) is 0 Å². The molecular formula is C23H44N5O4+. The predicted molar refractivity (Wildman–Crippen MR) is 124 cm³/mol. The molecular weight excluding hydrogens is 410 g/mol. The van der Waals surface area contributed by atoms with Gasteiger partial charge in [0.25, 0.3) is 0 Å². The second kappa shape index (κ2) is 15.8. The van der Waals surface area contributed by atoms with Crippen molar-refractivity contribution >= 4 is 12.1 Å². The number of hydrogen-bond acceptors (Lipinski definition) is 6. The summed E-state index contributed by atoms with van der Waals surface area (Å²) in [6.45, 7) is 5.72. The van der Waals surface area contributed by atoms with Crippen molar-refractivity contribution in [2.45, 2.75) is 128 Å². The van der Waals surface area contributed by atoms with Crippen molar-refractivity contribution < 1.29 is 19.4 Å². The van der Waals surface area contributed by atoms with Gasteiger partial charge in [0.1, 0.15) is 16.2 Å². The Morgan fingerprint density at radius 3 is 2.00 bits per heavy atom. The number of rotatable bonds is 9. The summed E-state index contributed by atoms with van der Waals surface area (Å²) in [5.74, 6) is -1.10. The van der Waals surface area contributed by atoms with E-state index in [2.05, 4.69) is 20.7 Å². The first-order valence-corrected chi connectivity index (χ1v) is 12.2. The number of hydrogen-bond donors (Lipinski definition) is 4. The third-order valence-corrected chi connectivity index (χ3v) is 5.74. The van der Waals surface area contributed by atoms with Gasteiger partial charge in [-0.25, -0.2) is 9.59 Å². The molecule has 0 heterocycles. The molecule has 32 heavy (non-hydrogen) atoms. The summed E-state index contributed by atoms with van der Waals surface area (Å²) >= 11 is 0. The minimum atomic E-state index is -1.10. The summed E-state index contributed by atoms with van der Waals surface area (Å²) in [6, 6.07) is 0.757. The van der Waals surface area contributed by atoms with Gasteiger partial charge in [-0.2, -0.15) is 0 Å². The van der Waals surface area contributed by atoms with Gasteiger partial charge in [0.05, 0.1) is 0 Å². The fraction of sp³-hybridized carbons (Fsp3) is 0.913. The molecule has 0 aromatic heterocycles. The summed E-state index contributed by atoms with van der Waals surface area (Å²) in [6.07, 6.45) is 15.5. The fourth-order valence-corrected chi connectivity index (χ4v) is 4.14. The molecule has 9 heteroatoms. The van der Waals surface area contributed by atoms with E-state index in [0.29, 0.717) is 19.4 Å². The topological polar surface area (TPSA) is 138 Å². The molecule has 4 N–H and O–H groups in total. The lowest BCUT2D eigenvalue weighted by molar-refractivity contribution is -0.138. The van der Waals surface area contributed by atoms with Crippen molar-refractivity contribution in [3.8, 4) is 0 Å². The monoisotopic (exact) mass is 454 g/mol. The van der Waals surface area contributed by atoms with Crippen LogP contribution in [0.4, 0.5) is 4.79 Å². The molecule has 0 aromatic rings. The third-order valence-electron chi connectivity index (χ3n) is 5.74. The average molecular weight is 455 g/mol. The Labute approximate surface area is 192 Å². The van der Waals surface area contributed by atoms with E-state index in [0.717, 1.165) is 12.1 Å². The lowest BCUT2D eigenvalue weighted by Gasteiger charge is -2.30. The maximum Gasteiger partial charge on any atom is 0.407 e. The Kier molecular flexibility index (Phi) is 13.8. The molecule has 0 aliphatic heterocycles. The number of unbranched alkanes of at least 4 members (excludes halogenated alkanes) is 1. The average Bonchev–Trinajstić information content (AvgIpc) is 2.73. The number of aliphatic carboxylic acids is 1. The summed E-state index contributed by atoms with van der Waals surface area (Å²) < 4.78 is 5.04. The van der Waals surface area contributed by atoms with E-state index in [4.69, 9.17) is 15.4 Å². The minimum Gasteiger partial charge on any atom is -0.479 e. The van der Waals surface area contributed by atoms with Gasteiger partial charge in [-0.15, -0.1) is 0 Å². The number of carboxylic acids is 1. The molecule has 0 aromatic carbocycles. The standard InChI is InChI=1S/C12H23N.C11H20N4O4/c1-3-7-11(8-4-1)13-12-9-5-2-6-10-12;1-11(2,3)19-10(18)13-7-5-4-6-8(9(16)17)14-15-12/h11-13H,1-10H2;8,12H,4-7H2,1-3H3,(H-,13,16,17,18)/p+1/t;8-/m.0/s1. The van der Waals surface area contributed by atoms with E-state index in [1.54, 1.807) is 20.8 Å². The molecule has 1 atom stereocenters. The molecule has 1 amide bonds. The van der Waals surface area contributed by atoms with Crippen LogP contribution in [0.5, 0.6) is 0 Å². The highest BCUT2D eigenvalue weighted by Gasteiger charge is 2.21. The molecule has 2 aliphatic carbocycles. The second-order valence-electron chi connectivity index (χ2n) is 9.83. The fourth-order valence-electron chi connectivity index (χ4n) is 4.14. The highest BCUT2D eigenvalue weighted by Crippen LogP contribution is 2.22. The summed E-state index contributed by atoms with van der Waals surface area (Å²) in [5.41, 5.74) is 5.97. The highest BCUT2D eigenvalue weighted by atomic mass is 16.6. The van der Waals surface area contributed by atoms with Crippen LogP contribution in [-0.2, 0) is 9.53 Å². The molecule has 0 bridgehead atoms. The van der Waals surface area contributed by atoms with Gasteiger partial charge in [0.15, 0.2) is 0 Å². The molecule has 2 rings (SSSR count). The van der Waals surface area contributed by atoms with E-state index < -0.39 is 23.7 Å². The van der Waals surface area contributed by atoms with Crippen LogP contribution in [0.25, 0.3) is 0 Å². The summed E-state index contributed by atoms with van der Waals surface area (Å²) in [5, 5.41) is 18.5. The van der Waals surface area contributed by atoms with Crippen LogP contribution in [0.1, 0.15) is 104 Å². The minimum absolute atomic E-state index is 0.285. The van der Waals surface area contributed by atoms with Gasteiger partial charge in [-0.1, -0.05) is 38.5 Å². The van der Waals surface area contributed by atoms with Crippen molar-refractivity contribution in [3.05, 3.63) is 0 Å². The Balaban J connectivity index is 0.000000339. The smallest absolute Gasteiger partial charge is 0.407 e. The first kappa shape index (κ1) is 28.0. The molecule has 2 aliphatic rings. The molecule has 2 fully saturated rings. The molecule has 0 unspecified atom stereocenters. The van der Waals surface area contributed by atoms with Gasteiger partial charge in [-0.3, -0.25) is 0 Å². The molecule has 2 saturated carbocycles. The number of carbonyl (C=O) groups excluding carboxylic acids is 1. The number of ether oxygens (including phenoxy) is 1. The Bertz CT molecular complexity index is 572. The van der Waals surface area contributed by atoms with Gasteiger partial charge in [0.2, 0.25) is 11.0 Å². The Morgan fingerprint density at radius 1 is 1.03 bits per heavy atom. The van der Waals surface area contributed by atoms with Gasteiger partial charge in [-0.05, 0) is 65.7 Å². The lowest BCUT2D eigenvalue weighted by atomic mass is 9.91. The van der Waals surface area contributed by atoms with E-state index in [1.165, 1.54) is 64.2 Å². The van der Waals surface area contributed by atoms with Gasteiger partial charge < -0.3 is 20.5 Å². The number of alkyl carbamates (subject to hydrolysis) is 1. The first-order valence-electron chi connectivity index (χ1n) is 12.2. The zero-order valence-corrected chi connectivity index (χ0v) is 20.2. The van der Waals surface area contributed by atoms with E-state index in [1.807, 2.05) is 0 Å². The number of nitrogens with zero attached hydrogens (tertiary/aromatic N) is 2. The normalized spacial score (nSPS) is 18.5. The zero-order chi connectivity index (χ0) is 23.8. The Hall–Kier alpha value is -1.99. The number of nitrogens with one attached hydrogen (secondary N) is 3. The number of carbonyl (C=O) groups is 2. The maximum atomic E-state index is 11.3. The highest BCUT2D eigenvalue weighted by molar-refractivity contribution is 5.73. The van der Waals surface area contributed by atoms with Crippen LogP contribution in [0.15, 0.2) is 5.11 Å². The largest absolute Gasteiger partial charge is 0.479 e. The van der Waals surface area contributed by atoms with E-state index in [-0.39, 0.29) is 6.42 Å². The molecule has 184 valence electrons. The van der Waals surface area contributed by atoms with Crippen molar-refractivity contribution in [3.63, 3.8) is 0 Å². The molecule has 0 saturated heterocycles. The van der Waals surface area contributed by atoms with Crippen LogP contribution in [-0.4, -0.2) is 47.4 Å². The van der Waals surface area contributed by atoms with Crippen molar-refractivity contribution in [2.24, 2.45) is 5.11 Å². The van der Waals surface area contributed by atoms with E-state index >= 15 is 0 Å². The first-order chi connectivity index (χ1) is 15.2. The lowest BCUT2D eigenvalue weighted by Crippen LogP contribution is -2.40. The summed E-state index contributed by atoms with van der Waals surface area (Å²) in [4.78, 5) is 24.7. The SMILES string of the molecule is C1CCC(NC2CCCCC2)CC1.CC(C)(C)OC(=O)NCCCC[C@H](N=[N+]=N)C(=O)O. The Morgan fingerprint density at radius 2 is 1.56 bits per heavy atom. The summed E-state index contributed by atoms with van der Waals surface area (Å²) in [7, 11) is 0. The molecule has 9 nitrogen and oxygen atoms in total. The number of amides is 1. The van der Waals surface area contributed by atoms with Crippen LogP contribution in [0, 0.1) is 5.53 Å². The van der Waals surface area contributed by atoms with Crippen LogP contribution < -0.4 is 15.5 Å². The second-order valence-corrected chi connectivity index (χ2v) is 9.83. The molecule has 0 radical (unpaired) electrons.